The topological polar surface area (TPSA) is 90.0 Å². The molecular weight excluding hydrogens is 404 g/mol. The molecular formula is C21H30N4O4S. The summed E-state index contributed by atoms with van der Waals surface area (Å²) in [6.07, 6.45) is 5.69. The Morgan fingerprint density at radius 2 is 1.73 bits per heavy atom. The van der Waals surface area contributed by atoms with Gasteiger partial charge in [-0.25, -0.2) is 18.1 Å². The minimum Gasteiger partial charge on any atom is -0.326 e. The Bertz CT molecular complexity index is 925. The molecule has 4 rings (SSSR count). The Morgan fingerprint density at radius 3 is 2.43 bits per heavy atom. The maximum Gasteiger partial charge on any atom is 0.325 e. The van der Waals surface area contributed by atoms with Crippen molar-refractivity contribution >= 4 is 22.0 Å². The van der Waals surface area contributed by atoms with Crippen molar-refractivity contribution in [2.45, 2.75) is 56.4 Å². The van der Waals surface area contributed by atoms with Crippen LogP contribution in [0.2, 0.25) is 0 Å². The minimum absolute atomic E-state index is 0.189. The third-order valence-electron chi connectivity index (χ3n) is 6.31. The zero-order valence-corrected chi connectivity index (χ0v) is 18.3. The number of fused-ring (bicyclic) bond motifs is 1. The highest BCUT2D eigenvalue weighted by Gasteiger charge is 2.39. The van der Waals surface area contributed by atoms with Gasteiger partial charge < -0.3 is 5.32 Å². The van der Waals surface area contributed by atoms with Crippen molar-refractivity contribution in [2.75, 3.05) is 32.8 Å². The lowest BCUT2D eigenvalue weighted by molar-refractivity contribution is -0.129. The lowest BCUT2D eigenvalue weighted by Crippen LogP contribution is -2.52. The Balaban J connectivity index is 1.37. The number of urea groups is 1. The summed E-state index contributed by atoms with van der Waals surface area (Å²) in [7, 11) is -3.54. The zero-order chi connectivity index (χ0) is 21.3. The molecule has 3 aliphatic rings. The van der Waals surface area contributed by atoms with Crippen LogP contribution < -0.4 is 5.32 Å². The molecule has 1 N–H and O–H groups in total. The highest BCUT2D eigenvalue weighted by Crippen LogP contribution is 2.26. The van der Waals surface area contributed by atoms with Crippen molar-refractivity contribution in [3.8, 4) is 0 Å². The van der Waals surface area contributed by atoms with E-state index in [4.69, 9.17) is 0 Å². The summed E-state index contributed by atoms with van der Waals surface area (Å²) in [6, 6.07) is 4.74. The molecule has 0 unspecified atom stereocenters. The number of hydrogen-bond acceptors (Lipinski definition) is 5. The molecule has 2 saturated heterocycles. The van der Waals surface area contributed by atoms with Gasteiger partial charge in [0, 0.05) is 26.2 Å². The van der Waals surface area contributed by atoms with Crippen LogP contribution in [0, 0.1) is 0 Å². The largest absolute Gasteiger partial charge is 0.326 e. The Labute approximate surface area is 178 Å². The van der Waals surface area contributed by atoms with Gasteiger partial charge in [0.15, 0.2) is 0 Å². The number of aryl methyl sites for hydroxylation is 2. The van der Waals surface area contributed by atoms with Crippen LogP contribution in [0.15, 0.2) is 23.1 Å². The van der Waals surface area contributed by atoms with Gasteiger partial charge in [-0.15, -0.1) is 0 Å². The highest BCUT2D eigenvalue weighted by molar-refractivity contribution is 7.89. The number of rotatable bonds is 6. The summed E-state index contributed by atoms with van der Waals surface area (Å²) >= 11 is 0. The summed E-state index contributed by atoms with van der Waals surface area (Å²) in [4.78, 5) is 28.1. The van der Waals surface area contributed by atoms with Gasteiger partial charge in [0.05, 0.1) is 11.6 Å². The number of benzene rings is 1. The number of nitrogens with one attached hydrogen (secondary N) is 1. The predicted octanol–water partition coefficient (Wildman–Crippen LogP) is 1.55. The first-order valence-corrected chi connectivity index (χ1v) is 12.3. The first-order chi connectivity index (χ1) is 14.4. The molecule has 8 nitrogen and oxygen atoms in total. The lowest BCUT2D eigenvalue weighted by atomic mass is 9.92. The number of hydrogen-bond donors (Lipinski definition) is 1. The standard InChI is InChI=1S/C21H30N4O4S/c1-2-5-19-20(26)25(21(27)22-19)15-23-10-12-24(13-11-23)30(28,29)18-9-8-16-6-3-4-7-17(16)14-18/h8-9,14,19H,2-7,10-13,15H2,1H3,(H,22,27)/t19-/m0/s1. The van der Waals surface area contributed by atoms with E-state index < -0.39 is 16.1 Å². The molecule has 1 aromatic carbocycles. The fourth-order valence-electron chi connectivity index (χ4n) is 4.53. The molecule has 1 aliphatic carbocycles. The van der Waals surface area contributed by atoms with Crippen molar-refractivity contribution in [1.82, 2.24) is 19.4 Å². The molecule has 164 valence electrons. The van der Waals surface area contributed by atoms with Crippen molar-refractivity contribution in [3.63, 3.8) is 0 Å². The summed E-state index contributed by atoms with van der Waals surface area (Å²) in [6.45, 7) is 3.85. The summed E-state index contributed by atoms with van der Waals surface area (Å²) in [5, 5.41) is 2.73. The SMILES string of the molecule is CCC[C@@H]1NC(=O)N(CN2CCN(S(=O)(=O)c3ccc4c(c3)CCCC4)CC2)C1=O. The van der Waals surface area contributed by atoms with Crippen LogP contribution in [0.5, 0.6) is 0 Å². The van der Waals surface area contributed by atoms with Crippen LogP contribution >= 0.6 is 0 Å². The van der Waals surface area contributed by atoms with Crippen LogP contribution in [0.4, 0.5) is 4.79 Å². The normalized spacial score (nSPS) is 23.5. The number of imide groups is 1. The molecule has 2 fully saturated rings. The average Bonchev–Trinajstić information content (AvgIpc) is 3.01. The molecule has 30 heavy (non-hydrogen) atoms. The second kappa shape index (κ2) is 8.64. The van der Waals surface area contributed by atoms with E-state index in [2.05, 4.69) is 5.32 Å². The maximum absolute atomic E-state index is 13.1. The van der Waals surface area contributed by atoms with Gasteiger partial charge in [-0.2, -0.15) is 4.31 Å². The number of piperazine rings is 1. The van der Waals surface area contributed by atoms with Gasteiger partial charge in [0.1, 0.15) is 6.04 Å². The molecule has 0 radical (unpaired) electrons. The molecule has 0 bridgehead atoms. The molecule has 1 atom stereocenters. The first kappa shape index (κ1) is 21.3. The number of carbonyl (C=O) groups excluding carboxylic acids is 2. The fourth-order valence-corrected chi connectivity index (χ4v) is 6.00. The van der Waals surface area contributed by atoms with Crippen LogP contribution in [-0.4, -0.2) is 73.4 Å². The summed E-state index contributed by atoms with van der Waals surface area (Å²) in [5.74, 6) is -0.189. The third kappa shape index (κ3) is 4.10. The van der Waals surface area contributed by atoms with Crippen molar-refractivity contribution in [1.29, 1.82) is 0 Å². The minimum atomic E-state index is -3.54. The quantitative estimate of drug-likeness (QED) is 0.686. The van der Waals surface area contributed by atoms with Gasteiger partial charge in [-0.1, -0.05) is 19.4 Å². The molecule has 0 spiro atoms. The van der Waals surface area contributed by atoms with Crippen LogP contribution in [-0.2, 0) is 27.7 Å². The highest BCUT2D eigenvalue weighted by atomic mass is 32.2. The van der Waals surface area contributed by atoms with Gasteiger partial charge >= 0.3 is 6.03 Å². The average molecular weight is 435 g/mol. The second-order valence-corrected chi connectivity index (χ2v) is 10.3. The van der Waals surface area contributed by atoms with Gasteiger partial charge in [0.25, 0.3) is 5.91 Å². The number of carbonyl (C=O) groups is 2. The second-order valence-electron chi connectivity index (χ2n) is 8.36. The van der Waals surface area contributed by atoms with Crippen molar-refractivity contribution < 1.29 is 18.0 Å². The van der Waals surface area contributed by atoms with Gasteiger partial charge in [-0.05, 0) is 55.4 Å². The Morgan fingerprint density at radius 1 is 1.03 bits per heavy atom. The third-order valence-corrected chi connectivity index (χ3v) is 8.21. The fraction of sp³-hybridized carbons (Fsp3) is 0.619. The Hall–Kier alpha value is -1.97. The van der Waals surface area contributed by atoms with E-state index in [-0.39, 0.29) is 18.6 Å². The molecule has 0 aromatic heterocycles. The lowest BCUT2D eigenvalue weighted by Gasteiger charge is -2.35. The van der Waals surface area contributed by atoms with E-state index in [0.717, 1.165) is 37.7 Å². The Kier molecular flexibility index (Phi) is 6.13. The van der Waals surface area contributed by atoms with Crippen molar-refractivity contribution in [2.24, 2.45) is 0 Å². The number of nitrogens with zero attached hydrogens (tertiary/aromatic N) is 3. The van der Waals surface area contributed by atoms with Crippen molar-refractivity contribution in [3.05, 3.63) is 29.3 Å². The number of amides is 3. The van der Waals surface area contributed by atoms with Gasteiger partial charge in [0.2, 0.25) is 10.0 Å². The molecule has 0 saturated carbocycles. The van der Waals surface area contributed by atoms with E-state index in [0.29, 0.717) is 37.5 Å². The molecule has 2 heterocycles. The maximum atomic E-state index is 13.1. The van der Waals surface area contributed by atoms with E-state index >= 15 is 0 Å². The van der Waals surface area contributed by atoms with E-state index in [1.807, 2.05) is 24.0 Å². The van der Waals surface area contributed by atoms with E-state index in [1.165, 1.54) is 14.8 Å². The monoisotopic (exact) mass is 434 g/mol. The van der Waals surface area contributed by atoms with Crippen LogP contribution in [0.25, 0.3) is 0 Å². The molecule has 9 heteroatoms. The molecule has 3 amide bonds. The van der Waals surface area contributed by atoms with Crippen LogP contribution in [0.1, 0.15) is 43.7 Å². The molecule has 2 aliphatic heterocycles. The van der Waals surface area contributed by atoms with E-state index in [9.17, 15) is 18.0 Å². The predicted molar refractivity (Wildman–Crippen MR) is 112 cm³/mol. The van der Waals surface area contributed by atoms with Gasteiger partial charge in [-0.3, -0.25) is 9.69 Å². The summed E-state index contributed by atoms with van der Waals surface area (Å²) < 4.78 is 27.8. The summed E-state index contributed by atoms with van der Waals surface area (Å²) in [5.41, 5.74) is 2.42. The smallest absolute Gasteiger partial charge is 0.325 e. The van der Waals surface area contributed by atoms with Crippen LogP contribution in [0.3, 0.4) is 0 Å². The first-order valence-electron chi connectivity index (χ1n) is 10.9. The zero-order valence-electron chi connectivity index (χ0n) is 17.5. The molecule has 1 aromatic rings. The number of sulfonamides is 1. The van der Waals surface area contributed by atoms with E-state index in [1.54, 1.807) is 6.07 Å².